The molecule has 0 aromatic carbocycles. The molecule has 0 saturated heterocycles. The summed E-state index contributed by atoms with van der Waals surface area (Å²) in [7, 11) is -2.50. The van der Waals surface area contributed by atoms with Crippen LogP contribution in [0.3, 0.4) is 0 Å². The van der Waals surface area contributed by atoms with E-state index in [1.807, 2.05) is 0 Å². The van der Waals surface area contributed by atoms with Gasteiger partial charge in [0.2, 0.25) is 8.32 Å². The van der Waals surface area contributed by atoms with Crippen molar-refractivity contribution >= 4 is 8.32 Å². The first kappa shape index (κ1) is 11.4. The highest BCUT2D eigenvalue weighted by molar-refractivity contribution is 6.82. The molecule has 0 saturated carbocycles. The molecule has 0 N–H and O–H groups in total. The Morgan fingerprint density at radius 2 is 1.75 bits per heavy atom. The average molecular weight is 196 g/mol. The summed E-state index contributed by atoms with van der Waals surface area (Å²) in [6.07, 6.45) is -4.28. The van der Waals surface area contributed by atoms with Crippen molar-refractivity contribution < 1.29 is 17.6 Å². The topological polar surface area (TPSA) is 9.23 Å². The van der Waals surface area contributed by atoms with E-state index in [9.17, 15) is 13.2 Å². The Bertz CT molecular complexity index is 168. The van der Waals surface area contributed by atoms with Crippen LogP contribution in [-0.4, -0.2) is 21.1 Å². The van der Waals surface area contributed by atoms with Crippen LogP contribution in [0.2, 0.25) is 6.55 Å². The zero-order chi connectivity index (χ0) is 9.83. The van der Waals surface area contributed by atoms with Gasteiger partial charge in [-0.05, 0) is 6.55 Å². The average Bonchev–Trinajstić information content (AvgIpc) is 1.99. The SMILES string of the molecule is C=C[Si](C)(C=C)OCC(F)(F)F. The van der Waals surface area contributed by atoms with Crippen LogP contribution in [0.4, 0.5) is 13.2 Å². The van der Waals surface area contributed by atoms with Crippen molar-refractivity contribution in [1.82, 2.24) is 0 Å². The van der Waals surface area contributed by atoms with Gasteiger partial charge in [-0.3, -0.25) is 0 Å². The molecule has 0 aliphatic rings. The molecular weight excluding hydrogens is 185 g/mol. The Labute approximate surface area is 70.7 Å². The van der Waals surface area contributed by atoms with Gasteiger partial charge in [-0.25, -0.2) is 0 Å². The maximum atomic E-state index is 11.7. The van der Waals surface area contributed by atoms with Crippen LogP contribution in [0, 0.1) is 0 Å². The largest absolute Gasteiger partial charge is 0.410 e. The molecule has 0 aromatic heterocycles. The van der Waals surface area contributed by atoms with Gasteiger partial charge in [0.1, 0.15) is 6.61 Å². The summed E-state index contributed by atoms with van der Waals surface area (Å²) in [5.74, 6) is 0. The zero-order valence-electron chi connectivity index (χ0n) is 6.82. The second-order valence-electron chi connectivity index (χ2n) is 2.50. The van der Waals surface area contributed by atoms with E-state index in [4.69, 9.17) is 0 Å². The lowest BCUT2D eigenvalue weighted by molar-refractivity contribution is -0.154. The Morgan fingerprint density at radius 1 is 1.33 bits per heavy atom. The molecule has 0 aliphatic carbocycles. The first-order valence-electron chi connectivity index (χ1n) is 3.31. The van der Waals surface area contributed by atoms with E-state index < -0.39 is 21.1 Å². The van der Waals surface area contributed by atoms with Gasteiger partial charge in [-0.15, -0.1) is 13.2 Å². The minimum Gasteiger partial charge on any atom is -0.400 e. The summed E-state index contributed by atoms with van der Waals surface area (Å²) in [6.45, 7) is 7.17. The summed E-state index contributed by atoms with van der Waals surface area (Å²) in [4.78, 5) is 0. The van der Waals surface area contributed by atoms with E-state index in [0.29, 0.717) is 0 Å². The van der Waals surface area contributed by atoms with Crippen LogP contribution in [0.1, 0.15) is 0 Å². The van der Waals surface area contributed by atoms with Crippen molar-refractivity contribution in [2.24, 2.45) is 0 Å². The Hall–Kier alpha value is -0.553. The molecule has 0 spiro atoms. The third kappa shape index (κ3) is 4.35. The second-order valence-corrected chi connectivity index (χ2v) is 5.97. The minimum atomic E-state index is -4.28. The fourth-order valence-electron chi connectivity index (χ4n) is 0.439. The smallest absolute Gasteiger partial charge is 0.400 e. The predicted molar refractivity (Wildman–Crippen MR) is 44.0 cm³/mol. The quantitative estimate of drug-likeness (QED) is 0.628. The maximum absolute atomic E-state index is 11.7. The van der Waals surface area contributed by atoms with Gasteiger partial charge in [0.05, 0.1) is 0 Å². The van der Waals surface area contributed by atoms with Gasteiger partial charge in [0.15, 0.2) is 0 Å². The molecule has 0 amide bonds. The zero-order valence-corrected chi connectivity index (χ0v) is 7.82. The monoisotopic (exact) mass is 196 g/mol. The molecule has 5 heteroatoms. The number of halogens is 3. The summed E-state index contributed by atoms with van der Waals surface area (Å²) in [5, 5.41) is 0. The van der Waals surface area contributed by atoms with E-state index in [-0.39, 0.29) is 0 Å². The van der Waals surface area contributed by atoms with Gasteiger partial charge in [0.25, 0.3) is 0 Å². The number of hydrogen-bond acceptors (Lipinski definition) is 1. The lowest BCUT2D eigenvalue weighted by atomic mass is 10.7. The predicted octanol–water partition coefficient (Wildman–Crippen LogP) is 2.59. The fourth-order valence-corrected chi connectivity index (χ4v) is 1.32. The van der Waals surface area contributed by atoms with E-state index in [1.54, 1.807) is 6.55 Å². The Morgan fingerprint density at radius 3 is 2.00 bits per heavy atom. The lowest BCUT2D eigenvalue weighted by Crippen LogP contribution is -2.34. The van der Waals surface area contributed by atoms with Gasteiger partial charge < -0.3 is 4.43 Å². The maximum Gasteiger partial charge on any atom is 0.410 e. The summed E-state index contributed by atoms with van der Waals surface area (Å²) >= 11 is 0. The Kier molecular flexibility index (Phi) is 3.73. The van der Waals surface area contributed by atoms with Crippen molar-refractivity contribution in [3.8, 4) is 0 Å². The molecule has 0 aliphatic heterocycles. The van der Waals surface area contributed by atoms with Crippen LogP contribution < -0.4 is 0 Å². The van der Waals surface area contributed by atoms with Gasteiger partial charge >= 0.3 is 6.18 Å². The summed E-state index contributed by atoms with van der Waals surface area (Å²) in [5.41, 5.74) is 2.82. The molecular formula is C7H11F3OSi. The molecule has 1 nitrogen and oxygen atoms in total. The van der Waals surface area contributed by atoms with Crippen molar-refractivity contribution in [2.45, 2.75) is 12.7 Å². The third-order valence-corrected chi connectivity index (χ3v) is 3.75. The molecule has 0 radical (unpaired) electrons. The van der Waals surface area contributed by atoms with Gasteiger partial charge in [-0.2, -0.15) is 13.2 Å². The fraction of sp³-hybridized carbons (Fsp3) is 0.429. The highest BCUT2D eigenvalue weighted by atomic mass is 28.4. The minimum absolute atomic E-state index is 1.23. The van der Waals surface area contributed by atoms with Crippen LogP contribution in [0.15, 0.2) is 24.6 Å². The molecule has 0 bridgehead atoms. The molecule has 70 valence electrons. The highest BCUT2D eigenvalue weighted by Gasteiger charge is 2.32. The number of rotatable bonds is 4. The van der Waals surface area contributed by atoms with Crippen molar-refractivity contribution in [3.63, 3.8) is 0 Å². The molecule has 0 fully saturated rings. The molecule has 12 heavy (non-hydrogen) atoms. The van der Waals surface area contributed by atoms with E-state index in [1.165, 1.54) is 11.4 Å². The first-order chi connectivity index (χ1) is 5.33. The van der Waals surface area contributed by atoms with E-state index in [0.717, 1.165) is 0 Å². The molecule has 0 heterocycles. The number of alkyl halides is 3. The van der Waals surface area contributed by atoms with Crippen LogP contribution in [-0.2, 0) is 4.43 Å². The standard InChI is InChI=1S/C7H11F3OSi/c1-4-12(3,5-2)11-6-7(8,9)10/h4-5H,1-2,6H2,3H3. The Balaban J connectivity index is 4.06. The molecule has 0 aromatic rings. The molecule has 0 rings (SSSR count). The van der Waals surface area contributed by atoms with E-state index >= 15 is 0 Å². The second kappa shape index (κ2) is 3.91. The first-order valence-corrected chi connectivity index (χ1v) is 5.87. The summed E-state index contributed by atoms with van der Waals surface area (Å²) in [6, 6.07) is 0. The summed E-state index contributed by atoms with van der Waals surface area (Å²) < 4.78 is 39.7. The number of hydrogen-bond donors (Lipinski definition) is 0. The van der Waals surface area contributed by atoms with Gasteiger partial charge in [-0.1, -0.05) is 11.4 Å². The van der Waals surface area contributed by atoms with Crippen molar-refractivity contribution in [1.29, 1.82) is 0 Å². The van der Waals surface area contributed by atoms with Crippen LogP contribution >= 0.6 is 0 Å². The van der Waals surface area contributed by atoms with Crippen molar-refractivity contribution in [2.75, 3.05) is 6.61 Å². The van der Waals surface area contributed by atoms with E-state index in [2.05, 4.69) is 17.6 Å². The normalized spacial score (nSPS) is 12.7. The highest BCUT2D eigenvalue weighted by Crippen LogP contribution is 2.18. The van der Waals surface area contributed by atoms with Crippen LogP contribution in [0.25, 0.3) is 0 Å². The lowest BCUT2D eigenvalue weighted by Gasteiger charge is -2.19. The van der Waals surface area contributed by atoms with Gasteiger partial charge in [0, 0.05) is 0 Å². The van der Waals surface area contributed by atoms with Crippen molar-refractivity contribution in [3.05, 3.63) is 24.6 Å². The molecule has 0 unspecified atom stereocenters. The van der Waals surface area contributed by atoms with Crippen LogP contribution in [0.5, 0.6) is 0 Å². The third-order valence-electron chi connectivity index (χ3n) is 1.36. The molecule has 0 atom stereocenters.